The predicted molar refractivity (Wildman–Crippen MR) is 88.0 cm³/mol. The lowest BCUT2D eigenvalue weighted by atomic mass is 10.0. The maximum Gasteiger partial charge on any atom is 0.185 e. The van der Waals surface area contributed by atoms with E-state index in [1.54, 1.807) is 6.08 Å². The molecule has 0 heterocycles. The number of allylic oxidation sites excluding steroid dienone is 1. The van der Waals surface area contributed by atoms with Gasteiger partial charge in [0.2, 0.25) is 0 Å². The molecule has 1 aliphatic rings. The third-order valence-corrected chi connectivity index (χ3v) is 4.49. The first-order chi connectivity index (χ1) is 10.1. The van der Waals surface area contributed by atoms with Gasteiger partial charge in [-0.3, -0.25) is 4.79 Å². The van der Waals surface area contributed by atoms with Crippen molar-refractivity contribution in [3.05, 3.63) is 77.4 Å². The second kappa shape index (κ2) is 5.67. The Bertz CT molecular complexity index is 672. The largest absolute Gasteiger partial charge is 0.289 e. The van der Waals surface area contributed by atoms with Crippen molar-refractivity contribution in [2.45, 2.75) is 16.7 Å². The van der Waals surface area contributed by atoms with Crippen LogP contribution in [-0.2, 0) is 0 Å². The van der Waals surface area contributed by atoms with E-state index in [0.29, 0.717) is 5.56 Å². The van der Waals surface area contributed by atoms with Gasteiger partial charge in [0.15, 0.2) is 5.78 Å². The van der Waals surface area contributed by atoms with E-state index in [9.17, 15) is 4.79 Å². The van der Waals surface area contributed by atoms with Gasteiger partial charge >= 0.3 is 0 Å². The molecule has 2 aromatic carbocycles. The second-order valence-corrected chi connectivity index (χ2v) is 6.79. The first-order valence-corrected chi connectivity index (χ1v) is 7.57. The summed E-state index contributed by atoms with van der Waals surface area (Å²) in [5.41, 5.74) is 2.76. The Morgan fingerprint density at radius 2 is 1.67 bits per heavy atom. The molecular formula is C18H14Cl2O. The van der Waals surface area contributed by atoms with E-state index in [4.69, 9.17) is 23.2 Å². The molecule has 1 unspecified atom stereocenters. The molecule has 0 amide bonds. The molecule has 21 heavy (non-hydrogen) atoms. The summed E-state index contributed by atoms with van der Waals surface area (Å²) in [4.78, 5) is 12.1. The van der Waals surface area contributed by atoms with Crippen LogP contribution in [-0.4, -0.2) is 10.1 Å². The minimum absolute atomic E-state index is 0.00999. The molecule has 1 saturated carbocycles. The van der Waals surface area contributed by atoms with E-state index in [0.717, 1.165) is 17.5 Å². The molecule has 0 aliphatic heterocycles. The van der Waals surface area contributed by atoms with Crippen molar-refractivity contribution >= 4 is 35.1 Å². The molecule has 1 nitrogen and oxygen atoms in total. The Morgan fingerprint density at radius 1 is 1.05 bits per heavy atom. The number of ketones is 1. The van der Waals surface area contributed by atoms with Gasteiger partial charge in [-0.05, 0) is 23.6 Å². The molecular weight excluding hydrogens is 303 g/mol. The van der Waals surface area contributed by atoms with Gasteiger partial charge in [0.1, 0.15) is 4.33 Å². The molecule has 2 aromatic rings. The number of alkyl halides is 2. The number of hydrogen-bond acceptors (Lipinski definition) is 1. The molecule has 0 N–H and O–H groups in total. The van der Waals surface area contributed by atoms with Crippen molar-refractivity contribution in [1.29, 1.82) is 0 Å². The van der Waals surface area contributed by atoms with Gasteiger partial charge in [-0.1, -0.05) is 60.7 Å². The zero-order valence-electron chi connectivity index (χ0n) is 11.3. The minimum atomic E-state index is -0.626. The Kier molecular flexibility index (Phi) is 3.88. The molecule has 1 fully saturated rings. The van der Waals surface area contributed by atoms with Crippen LogP contribution in [0.1, 0.15) is 33.8 Å². The lowest BCUT2D eigenvalue weighted by Gasteiger charge is -2.02. The zero-order chi connectivity index (χ0) is 14.9. The molecule has 0 spiro atoms. The third kappa shape index (κ3) is 3.37. The topological polar surface area (TPSA) is 17.1 Å². The highest BCUT2D eigenvalue weighted by Gasteiger charge is 2.52. The van der Waals surface area contributed by atoms with Gasteiger partial charge in [0.25, 0.3) is 0 Å². The van der Waals surface area contributed by atoms with E-state index >= 15 is 0 Å². The first kappa shape index (κ1) is 14.4. The molecule has 0 saturated heterocycles. The molecule has 3 heteroatoms. The van der Waals surface area contributed by atoms with Gasteiger partial charge in [-0.2, -0.15) is 0 Å². The van der Waals surface area contributed by atoms with E-state index in [-0.39, 0.29) is 11.7 Å². The summed E-state index contributed by atoms with van der Waals surface area (Å²) in [6.45, 7) is 0. The van der Waals surface area contributed by atoms with Gasteiger partial charge in [0.05, 0.1) is 0 Å². The van der Waals surface area contributed by atoms with Gasteiger partial charge in [-0.25, -0.2) is 0 Å². The summed E-state index contributed by atoms with van der Waals surface area (Å²) in [5.74, 6) is 0.175. The number of benzene rings is 2. The smallest absolute Gasteiger partial charge is 0.185 e. The van der Waals surface area contributed by atoms with Crippen LogP contribution in [0.4, 0.5) is 0 Å². The summed E-state index contributed by atoms with van der Waals surface area (Å²) in [5, 5.41) is 0. The SMILES string of the molecule is O=C(C=Cc1ccccc1)c1ccc(C2CC2(Cl)Cl)cc1. The van der Waals surface area contributed by atoms with Crippen LogP contribution in [0, 0.1) is 0 Å². The van der Waals surface area contributed by atoms with Crippen molar-refractivity contribution < 1.29 is 4.79 Å². The molecule has 1 aliphatic carbocycles. The van der Waals surface area contributed by atoms with Crippen LogP contribution in [0.2, 0.25) is 0 Å². The van der Waals surface area contributed by atoms with E-state index < -0.39 is 4.33 Å². The quantitative estimate of drug-likeness (QED) is 0.428. The van der Waals surface area contributed by atoms with Crippen molar-refractivity contribution in [3.8, 4) is 0 Å². The maximum absolute atomic E-state index is 12.1. The molecule has 1 atom stereocenters. The van der Waals surface area contributed by atoms with Gasteiger partial charge in [-0.15, -0.1) is 23.2 Å². The van der Waals surface area contributed by atoms with Crippen molar-refractivity contribution in [3.63, 3.8) is 0 Å². The third-order valence-electron chi connectivity index (χ3n) is 3.65. The number of rotatable bonds is 4. The average molecular weight is 317 g/mol. The van der Waals surface area contributed by atoms with Gasteiger partial charge in [0, 0.05) is 11.5 Å². The predicted octanol–water partition coefficient (Wildman–Crippen LogP) is 5.24. The van der Waals surface area contributed by atoms with Crippen molar-refractivity contribution in [2.75, 3.05) is 0 Å². The lowest BCUT2D eigenvalue weighted by molar-refractivity contribution is 0.104. The fourth-order valence-electron chi connectivity index (χ4n) is 2.29. The Labute approximate surface area is 134 Å². The van der Waals surface area contributed by atoms with Crippen LogP contribution in [0.3, 0.4) is 0 Å². The zero-order valence-corrected chi connectivity index (χ0v) is 12.8. The monoisotopic (exact) mass is 316 g/mol. The highest BCUT2D eigenvalue weighted by Crippen LogP contribution is 2.59. The highest BCUT2D eigenvalue weighted by atomic mass is 35.5. The molecule has 3 rings (SSSR count). The van der Waals surface area contributed by atoms with Crippen LogP contribution < -0.4 is 0 Å². The van der Waals surface area contributed by atoms with Crippen LogP contribution in [0.15, 0.2) is 60.7 Å². The standard InChI is InChI=1S/C18H14Cl2O/c19-18(20)12-16(18)14-7-9-15(10-8-14)17(21)11-6-13-4-2-1-3-5-13/h1-11,16H,12H2. The van der Waals surface area contributed by atoms with Crippen molar-refractivity contribution in [2.24, 2.45) is 0 Å². The van der Waals surface area contributed by atoms with E-state index in [1.807, 2.05) is 60.7 Å². The number of hydrogen-bond donors (Lipinski definition) is 0. The highest BCUT2D eigenvalue weighted by molar-refractivity contribution is 6.51. The molecule has 0 aromatic heterocycles. The number of carbonyl (C=O) groups is 1. The minimum Gasteiger partial charge on any atom is -0.289 e. The fourth-order valence-corrected chi connectivity index (χ4v) is 2.85. The summed E-state index contributed by atoms with van der Waals surface area (Å²) < 4.78 is -0.626. The number of carbonyl (C=O) groups excluding carboxylic acids is 1. The lowest BCUT2D eigenvalue weighted by Crippen LogP contribution is -1.95. The molecule has 106 valence electrons. The normalized spacial score (nSPS) is 19.6. The van der Waals surface area contributed by atoms with Crippen LogP contribution in [0.5, 0.6) is 0 Å². The molecule has 0 radical (unpaired) electrons. The summed E-state index contributed by atoms with van der Waals surface area (Å²) in [6.07, 6.45) is 4.19. The number of halogens is 2. The average Bonchev–Trinajstić information content (AvgIpc) is 3.15. The van der Waals surface area contributed by atoms with Crippen LogP contribution in [0.25, 0.3) is 6.08 Å². The Hall–Kier alpha value is -1.57. The van der Waals surface area contributed by atoms with Crippen molar-refractivity contribution in [1.82, 2.24) is 0 Å². The summed E-state index contributed by atoms with van der Waals surface area (Å²) in [7, 11) is 0. The molecule has 0 bridgehead atoms. The first-order valence-electron chi connectivity index (χ1n) is 6.81. The maximum atomic E-state index is 12.1. The van der Waals surface area contributed by atoms with Crippen LogP contribution >= 0.6 is 23.2 Å². The van der Waals surface area contributed by atoms with E-state index in [1.165, 1.54) is 0 Å². The Morgan fingerprint density at radius 3 is 2.24 bits per heavy atom. The van der Waals surface area contributed by atoms with Gasteiger partial charge < -0.3 is 0 Å². The summed E-state index contributed by atoms with van der Waals surface area (Å²) in [6, 6.07) is 17.3. The fraction of sp³-hybridized carbons (Fsp3) is 0.167. The Balaban J connectivity index is 1.69. The second-order valence-electron chi connectivity index (χ2n) is 5.25. The van der Waals surface area contributed by atoms with E-state index in [2.05, 4.69) is 0 Å². The summed E-state index contributed by atoms with van der Waals surface area (Å²) >= 11 is 12.1.